The summed E-state index contributed by atoms with van der Waals surface area (Å²) in [5.41, 5.74) is -3.57. The summed E-state index contributed by atoms with van der Waals surface area (Å²) in [4.78, 5) is 38.1. The Labute approximate surface area is 228 Å². The minimum absolute atomic E-state index is 0.0112. The molecular formula is C30H40O9. The van der Waals surface area contributed by atoms with E-state index >= 15 is 0 Å². The van der Waals surface area contributed by atoms with Crippen LogP contribution in [0.4, 0.5) is 0 Å². The first-order chi connectivity index (χ1) is 18.2. The highest BCUT2D eigenvalue weighted by molar-refractivity contribution is 5.98. The molecule has 2 spiro atoms. The van der Waals surface area contributed by atoms with Crippen LogP contribution in [0.25, 0.3) is 0 Å². The number of rotatable bonds is 1. The Morgan fingerprint density at radius 3 is 2.46 bits per heavy atom. The number of hydrogen-bond acceptors (Lipinski definition) is 9. The minimum Gasteiger partial charge on any atom is -0.455 e. The number of aliphatic hydroxyl groups excluding tert-OH is 1. The van der Waals surface area contributed by atoms with Crippen LogP contribution in [0.3, 0.4) is 0 Å². The largest absolute Gasteiger partial charge is 0.455 e. The average molecular weight is 545 g/mol. The van der Waals surface area contributed by atoms with E-state index in [0.29, 0.717) is 6.42 Å². The van der Waals surface area contributed by atoms with Crippen LogP contribution < -0.4 is 0 Å². The van der Waals surface area contributed by atoms with E-state index in [4.69, 9.17) is 18.9 Å². The third-order valence-electron chi connectivity index (χ3n) is 12.8. The van der Waals surface area contributed by atoms with E-state index in [9.17, 15) is 24.6 Å². The van der Waals surface area contributed by atoms with Gasteiger partial charge in [-0.25, -0.2) is 0 Å². The zero-order valence-corrected chi connectivity index (χ0v) is 23.5. The maximum Gasteiger partial charge on any atom is 0.311 e. The Hall–Kier alpha value is -1.81. The van der Waals surface area contributed by atoms with Gasteiger partial charge in [0.2, 0.25) is 5.79 Å². The number of ether oxygens (including phenoxy) is 4. The molecule has 3 heterocycles. The highest BCUT2D eigenvalue weighted by Gasteiger charge is 2.82. The van der Waals surface area contributed by atoms with Crippen molar-refractivity contribution in [2.75, 3.05) is 0 Å². The lowest BCUT2D eigenvalue weighted by Crippen LogP contribution is -2.71. The second-order valence-electron chi connectivity index (χ2n) is 14.2. The van der Waals surface area contributed by atoms with E-state index in [2.05, 4.69) is 6.92 Å². The number of ketones is 1. The molecule has 15 unspecified atom stereocenters. The number of hydrogen-bond donors (Lipinski definition) is 2. The topological polar surface area (TPSA) is 132 Å². The lowest BCUT2D eigenvalue weighted by atomic mass is 9.44. The van der Waals surface area contributed by atoms with Gasteiger partial charge in [0.25, 0.3) is 0 Å². The van der Waals surface area contributed by atoms with Gasteiger partial charge in [-0.2, -0.15) is 0 Å². The molecule has 0 radical (unpaired) electrons. The number of epoxide rings is 1. The standard InChI is InChI=1S/C30H40O9/c1-13-14(2)30(39-24(13)33)25(34)28(6,35)23-19(37-30)12-18-16-11-22-29(38-22)21(36-15(3)31)8-7-20(32)27(29,5)17(16)9-10-26(18,23)4/h7-8,13-14,16-19,21-23,25,34-35H,9-12H2,1-6H3. The summed E-state index contributed by atoms with van der Waals surface area (Å²) >= 11 is 0. The number of esters is 2. The Bertz CT molecular complexity index is 1190. The first kappa shape index (κ1) is 26.1. The molecule has 9 nitrogen and oxygen atoms in total. The first-order valence-electron chi connectivity index (χ1n) is 14.5. The van der Waals surface area contributed by atoms with Crippen LogP contribution >= 0.6 is 0 Å². The molecule has 0 aromatic carbocycles. The summed E-state index contributed by atoms with van der Waals surface area (Å²) in [6.07, 6.45) is 3.51. The minimum atomic E-state index is -1.58. The Balaban J connectivity index is 1.26. The highest BCUT2D eigenvalue weighted by atomic mass is 16.7. The number of aliphatic hydroxyl groups is 2. The quantitative estimate of drug-likeness (QED) is 0.377. The van der Waals surface area contributed by atoms with E-state index in [-0.39, 0.29) is 41.0 Å². The first-order valence-corrected chi connectivity index (χ1v) is 14.5. The Kier molecular flexibility index (Phi) is 5.04. The summed E-state index contributed by atoms with van der Waals surface area (Å²) < 4.78 is 24.4. The van der Waals surface area contributed by atoms with Crippen molar-refractivity contribution < 1.29 is 43.5 Å². The predicted octanol–water partition coefficient (Wildman–Crippen LogP) is 2.31. The van der Waals surface area contributed by atoms with Crippen molar-refractivity contribution in [3.05, 3.63) is 12.2 Å². The molecule has 0 aromatic heterocycles. The SMILES string of the molecule is CC(=O)OC1C=CC(=O)C2(C)C3CCC4(C)C(CC5OC6(OC(=O)C(C)C6C)C(O)C(C)(O)C54)C3CC3OC132. The van der Waals surface area contributed by atoms with Crippen molar-refractivity contribution in [3.63, 3.8) is 0 Å². The van der Waals surface area contributed by atoms with Gasteiger partial charge in [0.15, 0.2) is 11.9 Å². The summed E-state index contributed by atoms with van der Waals surface area (Å²) in [6, 6.07) is 0. The van der Waals surface area contributed by atoms with Gasteiger partial charge < -0.3 is 29.2 Å². The molecule has 0 amide bonds. The van der Waals surface area contributed by atoms with Crippen LogP contribution in [-0.2, 0) is 33.3 Å². The second kappa shape index (κ2) is 7.52. The van der Waals surface area contributed by atoms with Gasteiger partial charge in [-0.3, -0.25) is 14.4 Å². The lowest BCUT2D eigenvalue weighted by Gasteiger charge is -2.60. The van der Waals surface area contributed by atoms with Crippen molar-refractivity contribution in [2.45, 2.75) is 109 Å². The molecule has 2 N–H and O–H groups in total. The van der Waals surface area contributed by atoms with Crippen molar-refractivity contribution >= 4 is 17.7 Å². The second-order valence-corrected chi connectivity index (χ2v) is 14.2. The third-order valence-corrected chi connectivity index (χ3v) is 12.8. The van der Waals surface area contributed by atoms with Crippen LogP contribution in [0.1, 0.15) is 67.2 Å². The van der Waals surface area contributed by atoms with Gasteiger partial charge in [0, 0.05) is 18.8 Å². The molecule has 0 aromatic rings. The van der Waals surface area contributed by atoms with Crippen LogP contribution in [0, 0.1) is 46.3 Å². The molecule has 3 saturated heterocycles. The number of carbonyl (C=O) groups excluding carboxylic acids is 3. The predicted molar refractivity (Wildman–Crippen MR) is 135 cm³/mol. The zero-order chi connectivity index (χ0) is 28.1. The molecule has 39 heavy (non-hydrogen) atoms. The fraction of sp³-hybridized carbons (Fsp3) is 0.833. The third kappa shape index (κ3) is 2.79. The van der Waals surface area contributed by atoms with Crippen molar-refractivity contribution in [1.29, 1.82) is 0 Å². The smallest absolute Gasteiger partial charge is 0.311 e. The fourth-order valence-corrected chi connectivity index (χ4v) is 10.8. The van der Waals surface area contributed by atoms with Gasteiger partial charge in [0.1, 0.15) is 17.3 Å². The molecule has 7 rings (SSSR count). The average Bonchev–Trinajstić information content (AvgIpc) is 3.45. The molecule has 3 aliphatic heterocycles. The van der Waals surface area contributed by atoms with Crippen molar-refractivity contribution in [3.8, 4) is 0 Å². The van der Waals surface area contributed by atoms with Gasteiger partial charge in [-0.15, -0.1) is 0 Å². The highest BCUT2D eigenvalue weighted by Crippen LogP contribution is 2.74. The zero-order valence-electron chi connectivity index (χ0n) is 23.5. The van der Waals surface area contributed by atoms with Crippen LogP contribution in [0.2, 0.25) is 0 Å². The molecule has 6 fully saturated rings. The Morgan fingerprint density at radius 2 is 1.82 bits per heavy atom. The molecule has 15 atom stereocenters. The summed E-state index contributed by atoms with van der Waals surface area (Å²) in [7, 11) is 0. The maximum absolute atomic E-state index is 13.7. The molecule has 9 heteroatoms. The lowest BCUT2D eigenvalue weighted by molar-refractivity contribution is -0.368. The maximum atomic E-state index is 13.7. The number of fused-ring (bicyclic) bond motifs is 6. The molecule has 214 valence electrons. The fourth-order valence-electron chi connectivity index (χ4n) is 10.8. The van der Waals surface area contributed by atoms with Gasteiger partial charge >= 0.3 is 11.9 Å². The van der Waals surface area contributed by atoms with Gasteiger partial charge in [-0.1, -0.05) is 20.8 Å². The molecule has 4 aliphatic carbocycles. The van der Waals surface area contributed by atoms with E-state index < -0.39 is 64.5 Å². The van der Waals surface area contributed by atoms with Crippen LogP contribution in [0.5, 0.6) is 0 Å². The molecule has 7 aliphatic rings. The number of allylic oxidation sites excluding steroid dienone is 1. The monoisotopic (exact) mass is 544 g/mol. The van der Waals surface area contributed by atoms with Gasteiger partial charge in [-0.05, 0) is 74.9 Å². The molecule has 3 saturated carbocycles. The van der Waals surface area contributed by atoms with Crippen molar-refractivity contribution in [2.24, 2.45) is 46.3 Å². The molecule has 0 bridgehead atoms. The van der Waals surface area contributed by atoms with E-state index in [1.165, 1.54) is 6.92 Å². The van der Waals surface area contributed by atoms with Crippen LogP contribution in [-0.4, -0.2) is 69.3 Å². The van der Waals surface area contributed by atoms with E-state index in [1.54, 1.807) is 26.0 Å². The number of carbonyl (C=O) groups is 3. The normalized spacial score (nSPS) is 60.5. The summed E-state index contributed by atoms with van der Waals surface area (Å²) in [6.45, 7) is 10.8. The van der Waals surface area contributed by atoms with Crippen LogP contribution in [0.15, 0.2) is 12.2 Å². The van der Waals surface area contributed by atoms with Gasteiger partial charge in [0.05, 0.1) is 23.5 Å². The summed E-state index contributed by atoms with van der Waals surface area (Å²) in [5, 5.41) is 23.6. The Morgan fingerprint density at radius 1 is 1.10 bits per heavy atom. The van der Waals surface area contributed by atoms with Crippen molar-refractivity contribution in [1.82, 2.24) is 0 Å². The van der Waals surface area contributed by atoms with E-state index in [1.807, 2.05) is 13.8 Å². The van der Waals surface area contributed by atoms with E-state index in [0.717, 1.165) is 19.3 Å². The molecular weight excluding hydrogens is 504 g/mol. The summed E-state index contributed by atoms with van der Waals surface area (Å²) in [5.74, 6) is -3.39.